The molecule has 0 radical (unpaired) electrons. The number of nitrogens with one attached hydrogen (secondary N) is 1. The zero-order valence-electron chi connectivity index (χ0n) is 16.5. The van der Waals surface area contributed by atoms with Crippen LogP contribution in [0.1, 0.15) is 26.2 Å². The summed E-state index contributed by atoms with van der Waals surface area (Å²) in [6.07, 6.45) is 2.35. The highest BCUT2D eigenvalue weighted by molar-refractivity contribution is 7.91. The van der Waals surface area contributed by atoms with Crippen molar-refractivity contribution in [2.45, 2.75) is 42.5 Å². The van der Waals surface area contributed by atoms with Crippen LogP contribution in [0.15, 0.2) is 46.0 Å². The molecule has 0 aliphatic heterocycles. The fraction of sp³-hybridized carbons (Fsp3) is 0.450. The smallest absolute Gasteiger partial charge is 0.252 e. The van der Waals surface area contributed by atoms with Gasteiger partial charge in [-0.1, -0.05) is 18.2 Å². The summed E-state index contributed by atoms with van der Waals surface area (Å²) >= 11 is 1.13. The monoisotopic (exact) mass is 438 g/mol. The van der Waals surface area contributed by atoms with Crippen LogP contribution in [-0.2, 0) is 14.8 Å². The number of hydrogen-bond acceptors (Lipinski definition) is 6. The van der Waals surface area contributed by atoms with E-state index < -0.39 is 10.0 Å². The van der Waals surface area contributed by atoms with Gasteiger partial charge in [-0.25, -0.2) is 8.42 Å². The van der Waals surface area contributed by atoms with Gasteiger partial charge in [0, 0.05) is 7.05 Å². The standard InChI is InChI=1S/C20H26N2O5S2/c1-3-26-17-9-4-5-10-18(17)27-16-11-6-8-15(16)21-19(23)14-22(2)29(24,25)20-12-7-13-28-20/h4-5,7,9-10,12-13,15-16H,3,6,8,11,14H2,1-2H3,(H,21,23)/t15-,16+/m0/s1. The van der Waals surface area contributed by atoms with Crippen LogP contribution in [0.5, 0.6) is 11.5 Å². The quantitative estimate of drug-likeness (QED) is 0.651. The maximum absolute atomic E-state index is 12.5. The Labute approximate surface area is 175 Å². The second-order valence-electron chi connectivity index (χ2n) is 6.83. The average molecular weight is 439 g/mol. The topological polar surface area (TPSA) is 84.9 Å². The van der Waals surface area contributed by atoms with Crippen LogP contribution in [0.3, 0.4) is 0 Å². The lowest BCUT2D eigenvalue weighted by Gasteiger charge is -2.24. The molecule has 29 heavy (non-hydrogen) atoms. The SMILES string of the molecule is CCOc1ccccc1O[C@@H]1CCC[C@@H]1NC(=O)CN(C)S(=O)(=O)c1cccs1. The maximum atomic E-state index is 12.5. The largest absolute Gasteiger partial charge is 0.490 e. The van der Waals surface area contributed by atoms with Crippen molar-refractivity contribution in [2.24, 2.45) is 0 Å². The van der Waals surface area contributed by atoms with Crippen molar-refractivity contribution in [2.75, 3.05) is 20.2 Å². The number of carbonyl (C=O) groups is 1. The van der Waals surface area contributed by atoms with E-state index in [4.69, 9.17) is 9.47 Å². The Morgan fingerprint density at radius 1 is 1.21 bits per heavy atom. The zero-order valence-corrected chi connectivity index (χ0v) is 18.2. The Balaban J connectivity index is 1.60. The molecular formula is C20H26N2O5S2. The van der Waals surface area contributed by atoms with Crippen LogP contribution < -0.4 is 14.8 Å². The van der Waals surface area contributed by atoms with Gasteiger partial charge in [0.25, 0.3) is 10.0 Å². The Morgan fingerprint density at radius 2 is 1.97 bits per heavy atom. The molecule has 1 aromatic heterocycles. The van der Waals surface area contributed by atoms with E-state index in [1.165, 1.54) is 13.1 Å². The van der Waals surface area contributed by atoms with Crippen LogP contribution in [0.4, 0.5) is 0 Å². The van der Waals surface area contributed by atoms with E-state index in [1.54, 1.807) is 11.4 Å². The molecule has 2 aromatic rings. The van der Waals surface area contributed by atoms with Crippen LogP contribution >= 0.6 is 11.3 Å². The minimum atomic E-state index is -3.66. The van der Waals surface area contributed by atoms with Crippen LogP contribution in [-0.4, -0.2) is 51.0 Å². The molecule has 1 saturated carbocycles. The third kappa shape index (κ3) is 5.29. The fourth-order valence-electron chi connectivity index (χ4n) is 3.32. The Kier molecular flexibility index (Phi) is 7.15. The average Bonchev–Trinajstić information content (AvgIpc) is 3.36. The summed E-state index contributed by atoms with van der Waals surface area (Å²) in [5.41, 5.74) is 0. The molecule has 2 atom stereocenters. The van der Waals surface area contributed by atoms with Gasteiger partial charge in [0.2, 0.25) is 5.91 Å². The highest BCUT2D eigenvalue weighted by atomic mass is 32.2. The predicted molar refractivity (Wildman–Crippen MR) is 112 cm³/mol. The molecule has 9 heteroatoms. The molecule has 7 nitrogen and oxygen atoms in total. The van der Waals surface area contributed by atoms with Gasteiger partial charge in [0.15, 0.2) is 11.5 Å². The lowest BCUT2D eigenvalue weighted by Crippen LogP contribution is -2.46. The van der Waals surface area contributed by atoms with Crippen molar-refractivity contribution < 1.29 is 22.7 Å². The molecule has 0 bridgehead atoms. The highest BCUT2D eigenvalue weighted by Gasteiger charge is 2.32. The van der Waals surface area contributed by atoms with E-state index in [9.17, 15) is 13.2 Å². The number of likely N-dealkylation sites (N-methyl/N-ethyl adjacent to an activating group) is 1. The van der Waals surface area contributed by atoms with Gasteiger partial charge in [0.05, 0.1) is 19.2 Å². The summed E-state index contributed by atoms with van der Waals surface area (Å²) in [6, 6.07) is 10.5. The normalized spacial score (nSPS) is 19.3. The Bertz CT molecular complexity index is 915. The molecule has 158 valence electrons. The van der Waals surface area contributed by atoms with Gasteiger partial charge >= 0.3 is 0 Å². The molecule has 3 rings (SSSR count). The van der Waals surface area contributed by atoms with Gasteiger partial charge in [-0.2, -0.15) is 4.31 Å². The molecule has 1 amide bonds. The van der Waals surface area contributed by atoms with E-state index in [2.05, 4.69) is 5.32 Å². The van der Waals surface area contributed by atoms with Crippen LogP contribution in [0.25, 0.3) is 0 Å². The van der Waals surface area contributed by atoms with Crippen molar-refractivity contribution in [1.82, 2.24) is 9.62 Å². The number of amides is 1. The molecule has 1 heterocycles. The van der Waals surface area contributed by atoms with Gasteiger partial charge in [-0.05, 0) is 49.8 Å². The third-order valence-corrected chi connectivity index (χ3v) is 7.93. The molecular weight excluding hydrogens is 412 g/mol. The minimum Gasteiger partial charge on any atom is -0.490 e. The number of carbonyl (C=O) groups excluding carboxylic acids is 1. The van der Waals surface area contributed by atoms with Crippen molar-refractivity contribution in [1.29, 1.82) is 0 Å². The third-order valence-electron chi connectivity index (χ3n) is 4.75. The van der Waals surface area contributed by atoms with E-state index in [-0.39, 0.29) is 28.8 Å². The first-order chi connectivity index (χ1) is 13.9. The maximum Gasteiger partial charge on any atom is 0.252 e. The number of nitrogens with zero attached hydrogens (tertiary/aromatic N) is 1. The predicted octanol–water partition coefficient (Wildman–Crippen LogP) is 2.88. The summed E-state index contributed by atoms with van der Waals surface area (Å²) < 4.78 is 38.0. The lowest BCUT2D eigenvalue weighted by atomic mass is 10.2. The number of para-hydroxylation sites is 2. The molecule has 0 unspecified atom stereocenters. The van der Waals surface area contributed by atoms with Gasteiger partial charge in [-0.3, -0.25) is 4.79 Å². The Morgan fingerprint density at radius 3 is 2.66 bits per heavy atom. The second-order valence-corrected chi connectivity index (χ2v) is 10.1. The van der Waals surface area contributed by atoms with E-state index in [0.29, 0.717) is 18.1 Å². The number of thiophene rings is 1. The van der Waals surface area contributed by atoms with Crippen molar-refractivity contribution in [3.8, 4) is 11.5 Å². The molecule has 1 aromatic carbocycles. The molecule has 1 aliphatic rings. The van der Waals surface area contributed by atoms with E-state index >= 15 is 0 Å². The molecule has 1 aliphatic carbocycles. The van der Waals surface area contributed by atoms with Crippen molar-refractivity contribution in [3.63, 3.8) is 0 Å². The number of ether oxygens (including phenoxy) is 2. The van der Waals surface area contributed by atoms with E-state index in [1.807, 2.05) is 31.2 Å². The molecule has 1 fully saturated rings. The van der Waals surface area contributed by atoms with Crippen LogP contribution in [0.2, 0.25) is 0 Å². The number of sulfonamides is 1. The van der Waals surface area contributed by atoms with Crippen molar-refractivity contribution >= 4 is 27.3 Å². The Hall–Kier alpha value is -2.10. The fourth-order valence-corrected chi connectivity index (χ4v) is 5.65. The number of benzene rings is 1. The van der Waals surface area contributed by atoms with Gasteiger partial charge < -0.3 is 14.8 Å². The summed E-state index contributed by atoms with van der Waals surface area (Å²) in [5, 5.41) is 4.64. The highest BCUT2D eigenvalue weighted by Crippen LogP contribution is 2.31. The number of hydrogen-bond donors (Lipinski definition) is 1. The summed E-state index contributed by atoms with van der Waals surface area (Å²) in [7, 11) is -2.24. The zero-order chi connectivity index (χ0) is 20.9. The summed E-state index contributed by atoms with van der Waals surface area (Å²) in [5.74, 6) is 0.984. The summed E-state index contributed by atoms with van der Waals surface area (Å²) in [4.78, 5) is 12.5. The minimum absolute atomic E-state index is 0.171. The first-order valence-corrected chi connectivity index (χ1v) is 11.9. The molecule has 0 spiro atoms. The van der Waals surface area contributed by atoms with E-state index in [0.717, 1.165) is 34.9 Å². The summed E-state index contributed by atoms with van der Waals surface area (Å²) in [6.45, 7) is 2.21. The first-order valence-electron chi connectivity index (χ1n) is 9.59. The molecule has 1 N–H and O–H groups in total. The molecule has 0 saturated heterocycles. The number of rotatable bonds is 9. The van der Waals surface area contributed by atoms with Crippen molar-refractivity contribution in [3.05, 3.63) is 41.8 Å². The second kappa shape index (κ2) is 9.60. The lowest BCUT2D eigenvalue weighted by molar-refractivity contribution is -0.122. The first kappa shape index (κ1) is 21.6. The van der Waals surface area contributed by atoms with Gasteiger partial charge in [-0.15, -0.1) is 11.3 Å². The van der Waals surface area contributed by atoms with Crippen LogP contribution in [0, 0.1) is 0 Å². The van der Waals surface area contributed by atoms with Gasteiger partial charge in [0.1, 0.15) is 10.3 Å².